The second kappa shape index (κ2) is 6.25. The van der Waals surface area contributed by atoms with Crippen molar-refractivity contribution in [3.05, 3.63) is 52.6 Å². The first kappa shape index (κ1) is 15.7. The fraction of sp³-hybridized carbons (Fsp3) is 0.222. The summed E-state index contributed by atoms with van der Waals surface area (Å²) in [6, 6.07) is 7.60. The van der Waals surface area contributed by atoms with Crippen molar-refractivity contribution in [3.8, 4) is 17.2 Å². The molecule has 3 heterocycles. The van der Waals surface area contributed by atoms with Gasteiger partial charge in [-0.2, -0.15) is 11.3 Å². The highest BCUT2D eigenvalue weighted by Crippen LogP contribution is 2.39. The number of ether oxygens (including phenoxy) is 2. The molecule has 128 valence electrons. The average molecular weight is 355 g/mol. The van der Waals surface area contributed by atoms with Gasteiger partial charge in [0.25, 0.3) is 0 Å². The zero-order valence-electron chi connectivity index (χ0n) is 13.9. The molecule has 0 aliphatic carbocycles. The van der Waals surface area contributed by atoms with E-state index >= 15 is 0 Å². The van der Waals surface area contributed by atoms with Gasteiger partial charge in [0.2, 0.25) is 5.91 Å². The number of methoxy groups -OCH3 is 2. The van der Waals surface area contributed by atoms with Crippen LogP contribution in [-0.4, -0.2) is 29.7 Å². The zero-order chi connectivity index (χ0) is 17.4. The molecule has 3 aromatic rings. The van der Waals surface area contributed by atoms with Crippen molar-refractivity contribution in [2.24, 2.45) is 0 Å². The van der Waals surface area contributed by atoms with Crippen LogP contribution >= 0.6 is 11.3 Å². The summed E-state index contributed by atoms with van der Waals surface area (Å²) in [5.41, 5.74) is 2.78. The number of benzene rings is 1. The number of imidazole rings is 1. The van der Waals surface area contributed by atoms with Gasteiger partial charge in [0.1, 0.15) is 23.6 Å². The van der Waals surface area contributed by atoms with Crippen LogP contribution in [0.2, 0.25) is 0 Å². The molecule has 0 bridgehead atoms. The van der Waals surface area contributed by atoms with Crippen LogP contribution in [0.15, 0.2) is 41.4 Å². The first-order valence-corrected chi connectivity index (χ1v) is 8.77. The Bertz CT molecular complexity index is 918. The second-order valence-corrected chi connectivity index (χ2v) is 6.53. The Morgan fingerprint density at radius 2 is 2.16 bits per heavy atom. The lowest BCUT2D eigenvalue weighted by molar-refractivity contribution is -0.116. The number of carbonyl (C=O) groups is 1. The molecular formula is C18H17N3O3S. The van der Waals surface area contributed by atoms with E-state index < -0.39 is 0 Å². The number of amides is 1. The maximum atomic E-state index is 12.3. The third kappa shape index (κ3) is 2.66. The first-order chi connectivity index (χ1) is 12.2. The standard InChI is InChI=1S/C18H17N3O3S/c1-23-12-3-4-14(15(7-12)24-2)21-10-19-17-13(11-5-6-25-9-11)8-16(22)20-18(17)21/h3-7,9-10,13H,8H2,1-2H3,(H,20,22). The maximum absolute atomic E-state index is 12.3. The summed E-state index contributed by atoms with van der Waals surface area (Å²) in [5, 5.41) is 7.05. The smallest absolute Gasteiger partial charge is 0.226 e. The van der Waals surface area contributed by atoms with Gasteiger partial charge < -0.3 is 14.8 Å². The number of nitrogens with zero attached hydrogens (tertiary/aromatic N) is 2. The molecule has 1 aromatic carbocycles. The van der Waals surface area contributed by atoms with Gasteiger partial charge in [0.05, 0.1) is 25.6 Å². The summed E-state index contributed by atoms with van der Waals surface area (Å²) < 4.78 is 12.6. The van der Waals surface area contributed by atoms with E-state index in [1.165, 1.54) is 0 Å². The number of hydrogen-bond donors (Lipinski definition) is 1. The van der Waals surface area contributed by atoms with Crippen molar-refractivity contribution < 1.29 is 14.3 Å². The quantitative estimate of drug-likeness (QED) is 0.779. The second-order valence-electron chi connectivity index (χ2n) is 5.75. The van der Waals surface area contributed by atoms with Crippen LogP contribution in [-0.2, 0) is 4.79 Å². The highest BCUT2D eigenvalue weighted by molar-refractivity contribution is 7.08. The molecule has 25 heavy (non-hydrogen) atoms. The average Bonchev–Trinajstić information content (AvgIpc) is 3.30. The van der Waals surface area contributed by atoms with Crippen molar-refractivity contribution in [2.45, 2.75) is 12.3 Å². The minimum absolute atomic E-state index is 0.0158. The molecule has 0 saturated heterocycles. The van der Waals surface area contributed by atoms with E-state index in [9.17, 15) is 4.79 Å². The number of carbonyl (C=O) groups excluding carboxylic acids is 1. The Balaban J connectivity index is 1.83. The van der Waals surface area contributed by atoms with Crippen molar-refractivity contribution in [2.75, 3.05) is 19.5 Å². The van der Waals surface area contributed by atoms with Crippen molar-refractivity contribution in [1.29, 1.82) is 0 Å². The predicted molar refractivity (Wildman–Crippen MR) is 96.1 cm³/mol. The van der Waals surface area contributed by atoms with E-state index in [-0.39, 0.29) is 11.8 Å². The van der Waals surface area contributed by atoms with Crippen molar-refractivity contribution in [3.63, 3.8) is 0 Å². The summed E-state index contributed by atoms with van der Waals surface area (Å²) in [6.45, 7) is 0. The third-order valence-corrected chi connectivity index (χ3v) is 5.07. The summed E-state index contributed by atoms with van der Waals surface area (Å²) in [6.07, 6.45) is 2.13. The Labute approximate surface area is 149 Å². The van der Waals surface area contributed by atoms with Crippen LogP contribution in [0.4, 0.5) is 5.82 Å². The van der Waals surface area contributed by atoms with Gasteiger partial charge in [-0.15, -0.1) is 0 Å². The monoisotopic (exact) mass is 355 g/mol. The number of anilines is 1. The Kier molecular flexibility index (Phi) is 3.93. The number of aromatic nitrogens is 2. The molecule has 0 radical (unpaired) electrons. The fourth-order valence-corrected chi connectivity index (χ4v) is 3.84. The Morgan fingerprint density at radius 3 is 2.88 bits per heavy atom. The Morgan fingerprint density at radius 1 is 1.28 bits per heavy atom. The van der Waals surface area contributed by atoms with Gasteiger partial charge in [-0.05, 0) is 34.5 Å². The number of fused-ring (bicyclic) bond motifs is 1. The molecule has 0 spiro atoms. The molecule has 1 amide bonds. The predicted octanol–water partition coefficient (Wildman–Crippen LogP) is 3.43. The molecule has 0 fully saturated rings. The highest BCUT2D eigenvalue weighted by Gasteiger charge is 2.31. The summed E-state index contributed by atoms with van der Waals surface area (Å²) >= 11 is 1.62. The molecule has 1 aliphatic rings. The van der Waals surface area contributed by atoms with E-state index in [0.717, 1.165) is 16.9 Å². The van der Waals surface area contributed by atoms with Crippen LogP contribution in [0.1, 0.15) is 23.6 Å². The van der Waals surface area contributed by atoms with Crippen LogP contribution < -0.4 is 14.8 Å². The van der Waals surface area contributed by atoms with Crippen molar-refractivity contribution in [1.82, 2.24) is 9.55 Å². The maximum Gasteiger partial charge on any atom is 0.226 e. The van der Waals surface area contributed by atoms with Crippen LogP contribution in [0.5, 0.6) is 11.5 Å². The minimum Gasteiger partial charge on any atom is -0.497 e. The molecule has 1 aliphatic heterocycles. The van der Waals surface area contributed by atoms with Crippen LogP contribution in [0.25, 0.3) is 5.69 Å². The van der Waals surface area contributed by atoms with Gasteiger partial charge in [-0.25, -0.2) is 4.98 Å². The van der Waals surface area contributed by atoms with E-state index in [1.807, 2.05) is 34.2 Å². The zero-order valence-corrected chi connectivity index (χ0v) is 14.7. The normalized spacial score (nSPS) is 16.2. The molecule has 1 N–H and O–H groups in total. The van der Waals surface area contributed by atoms with Crippen LogP contribution in [0, 0.1) is 0 Å². The van der Waals surface area contributed by atoms with Gasteiger partial charge >= 0.3 is 0 Å². The lowest BCUT2D eigenvalue weighted by Crippen LogP contribution is -2.24. The summed E-state index contributed by atoms with van der Waals surface area (Å²) in [4.78, 5) is 16.9. The third-order valence-electron chi connectivity index (χ3n) is 4.37. The van der Waals surface area contributed by atoms with Crippen LogP contribution in [0.3, 0.4) is 0 Å². The molecule has 7 heteroatoms. The molecule has 0 saturated carbocycles. The summed E-state index contributed by atoms with van der Waals surface area (Å²) in [5.74, 6) is 2.00. The minimum atomic E-state index is -0.0273. The van der Waals surface area contributed by atoms with Gasteiger partial charge in [-0.3, -0.25) is 9.36 Å². The Hall–Kier alpha value is -2.80. The molecule has 6 nitrogen and oxygen atoms in total. The SMILES string of the molecule is COc1ccc(-n2cnc3c2NC(=O)CC3c2ccsc2)c(OC)c1. The topological polar surface area (TPSA) is 65.4 Å². The van der Waals surface area contributed by atoms with E-state index in [2.05, 4.69) is 15.7 Å². The molecule has 4 rings (SSSR count). The molecular weight excluding hydrogens is 338 g/mol. The van der Waals surface area contributed by atoms with Crippen molar-refractivity contribution >= 4 is 23.1 Å². The van der Waals surface area contributed by atoms with Gasteiger partial charge in [0, 0.05) is 18.4 Å². The van der Waals surface area contributed by atoms with E-state index in [4.69, 9.17) is 9.47 Å². The lowest BCUT2D eigenvalue weighted by atomic mass is 9.92. The first-order valence-electron chi connectivity index (χ1n) is 7.83. The van der Waals surface area contributed by atoms with Gasteiger partial charge in [-0.1, -0.05) is 0 Å². The van der Waals surface area contributed by atoms with E-state index in [0.29, 0.717) is 23.7 Å². The van der Waals surface area contributed by atoms with E-state index in [1.54, 1.807) is 31.9 Å². The number of nitrogens with one attached hydrogen (secondary N) is 1. The number of thiophene rings is 1. The number of rotatable bonds is 4. The number of hydrogen-bond acceptors (Lipinski definition) is 5. The largest absolute Gasteiger partial charge is 0.497 e. The summed E-state index contributed by atoms with van der Waals surface area (Å²) in [7, 11) is 3.22. The lowest BCUT2D eigenvalue weighted by Gasteiger charge is -2.23. The van der Waals surface area contributed by atoms with Gasteiger partial charge in [0.15, 0.2) is 0 Å². The molecule has 2 aromatic heterocycles. The highest BCUT2D eigenvalue weighted by atomic mass is 32.1. The fourth-order valence-electron chi connectivity index (χ4n) is 3.12. The molecule has 1 unspecified atom stereocenters. The molecule has 1 atom stereocenters.